The Bertz CT molecular complexity index is 834. The number of rotatable bonds is 1. The van der Waals surface area contributed by atoms with E-state index in [0.717, 1.165) is 6.07 Å². The monoisotopic (exact) mass is 336 g/mol. The zero-order valence-electron chi connectivity index (χ0n) is 13.3. The summed E-state index contributed by atoms with van der Waals surface area (Å²) < 4.78 is 41.7. The van der Waals surface area contributed by atoms with Gasteiger partial charge in [0.1, 0.15) is 0 Å². The molecule has 0 aliphatic rings. The molecule has 24 heavy (non-hydrogen) atoms. The molecule has 1 heterocycles. The Balaban J connectivity index is 2.56. The van der Waals surface area contributed by atoms with Crippen molar-refractivity contribution in [2.45, 2.75) is 32.5 Å². The molecule has 1 aromatic carbocycles. The van der Waals surface area contributed by atoms with E-state index in [2.05, 4.69) is 11.0 Å². The van der Waals surface area contributed by atoms with Crippen LogP contribution in [0.4, 0.5) is 13.2 Å². The minimum absolute atomic E-state index is 0.0170. The van der Waals surface area contributed by atoms with Crippen LogP contribution in [0.3, 0.4) is 0 Å². The Labute approximate surface area is 136 Å². The standard InChI is InChI=1S/C17H15F3N2O2/c1-16(2,3)22-10-12(9-21-22)13-6-4-11(5-7-15(23)24)8-14(13)17(18,19)20/h4,6,8-10H,1-3H3,(H,23,24). The van der Waals surface area contributed by atoms with Gasteiger partial charge in [-0.3, -0.25) is 4.68 Å². The molecule has 7 heteroatoms. The molecule has 0 aliphatic carbocycles. The third-order valence-corrected chi connectivity index (χ3v) is 3.22. The maximum Gasteiger partial charge on any atom is 0.417 e. The highest BCUT2D eigenvalue weighted by atomic mass is 19.4. The van der Waals surface area contributed by atoms with E-state index in [9.17, 15) is 18.0 Å². The largest absolute Gasteiger partial charge is 0.472 e. The van der Waals surface area contributed by atoms with Crippen molar-refractivity contribution >= 4 is 5.97 Å². The molecule has 0 atom stereocenters. The van der Waals surface area contributed by atoms with Gasteiger partial charge < -0.3 is 5.11 Å². The van der Waals surface area contributed by atoms with E-state index in [4.69, 9.17) is 5.11 Å². The molecule has 0 saturated carbocycles. The maximum absolute atomic E-state index is 13.4. The molecule has 0 amide bonds. The molecule has 1 N–H and O–H groups in total. The lowest BCUT2D eigenvalue weighted by atomic mass is 9.99. The third kappa shape index (κ3) is 3.96. The summed E-state index contributed by atoms with van der Waals surface area (Å²) in [6, 6.07) is 3.48. The molecule has 2 rings (SSSR count). The molecule has 0 bridgehead atoms. The van der Waals surface area contributed by atoms with Crippen molar-refractivity contribution < 1.29 is 23.1 Å². The van der Waals surface area contributed by atoms with Crippen LogP contribution in [0, 0.1) is 11.8 Å². The van der Waals surface area contributed by atoms with Crippen LogP contribution in [0.15, 0.2) is 30.6 Å². The Kier molecular flexibility index (Phi) is 4.43. The van der Waals surface area contributed by atoms with Crippen molar-refractivity contribution in [2.75, 3.05) is 0 Å². The van der Waals surface area contributed by atoms with Crippen molar-refractivity contribution in [1.29, 1.82) is 0 Å². The topological polar surface area (TPSA) is 55.1 Å². The van der Waals surface area contributed by atoms with Gasteiger partial charge in [0.05, 0.1) is 17.3 Å². The van der Waals surface area contributed by atoms with Crippen molar-refractivity contribution in [3.63, 3.8) is 0 Å². The molecule has 0 spiro atoms. The number of carbonyl (C=O) groups is 1. The minimum Gasteiger partial charge on any atom is -0.472 e. The predicted molar refractivity (Wildman–Crippen MR) is 82.2 cm³/mol. The smallest absolute Gasteiger partial charge is 0.417 e. The Morgan fingerprint density at radius 1 is 1.25 bits per heavy atom. The molecule has 126 valence electrons. The number of nitrogens with zero attached hydrogens (tertiary/aromatic N) is 2. The lowest BCUT2D eigenvalue weighted by molar-refractivity contribution is -0.137. The zero-order valence-corrected chi connectivity index (χ0v) is 13.3. The molecular weight excluding hydrogens is 321 g/mol. The van der Waals surface area contributed by atoms with Crippen LogP contribution in [0.25, 0.3) is 11.1 Å². The first-order valence-corrected chi connectivity index (χ1v) is 7.00. The summed E-state index contributed by atoms with van der Waals surface area (Å²) in [7, 11) is 0. The van der Waals surface area contributed by atoms with E-state index < -0.39 is 17.7 Å². The predicted octanol–water partition coefficient (Wildman–Crippen LogP) is 3.76. The summed E-state index contributed by atoms with van der Waals surface area (Å²) >= 11 is 0. The highest BCUT2D eigenvalue weighted by Crippen LogP contribution is 2.37. The summed E-state index contributed by atoms with van der Waals surface area (Å²) in [5, 5.41) is 12.6. The third-order valence-electron chi connectivity index (χ3n) is 3.22. The number of carboxylic acids is 1. The molecule has 0 radical (unpaired) electrons. The van der Waals surface area contributed by atoms with Crippen LogP contribution in [0.2, 0.25) is 0 Å². The van der Waals surface area contributed by atoms with Gasteiger partial charge in [-0.05, 0) is 38.5 Å². The summed E-state index contributed by atoms with van der Waals surface area (Å²) in [5.74, 6) is 2.60. The first-order valence-electron chi connectivity index (χ1n) is 7.00. The number of aromatic nitrogens is 2. The van der Waals surface area contributed by atoms with E-state index >= 15 is 0 Å². The fraction of sp³-hybridized carbons (Fsp3) is 0.294. The zero-order chi connectivity index (χ0) is 18.1. The van der Waals surface area contributed by atoms with Gasteiger partial charge in [0, 0.05) is 23.2 Å². The summed E-state index contributed by atoms with van der Waals surface area (Å²) in [4.78, 5) is 10.4. The van der Waals surface area contributed by atoms with Gasteiger partial charge in [0.2, 0.25) is 0 Å². The van der Waals surface area contributed by atoms with Crippen LogP contribution in [-0.4, -0.2) is 20.9 Å². The average molecular weight is 336 g/mol. The second-order valence-electron chi connectivity index (χ2n) is 6.16. The van der Waals surface area contributed by atoms with Gasteiger partial charge in [-0.15, -0.1) is 0 Å². The van der Waals surface area contributed by atoms with Crippen LogP contribution < -0.4 is 0 Å². The maximum atomic E-state index is 13.4. The molecule has 0 aliphatic heterocycles. The number of carboxylic acid groups (broad SMARTS) is 1. The van der Waals surface area contributed by atoms with Crippen LogP contribution >= 0.6 is 0 Å². The van der Waals surface area contributed by atoms with Gasteiger partial charge >= 0.3 is 12.1 Å². The summed E-state index contributed by atoms with van der Waals surface area (Å²) in [6.45, 7) is 5.66. The SMILES string of the molecule is CC(C)(C)n1cc(-c2ccc(C#CC(=O)O)cc2C(F)(F)F)cn1. The molecule has 0 fully saturated rings. The first kappa shape index (κ1) is 17.6. The number of halogens is 3. The molecule has 4 nitrogen and oxygen atoms in total. The average Bonchev–Trinajstić information content (AvgIpc) is 2.93. The molecule has 2 aromatic rings. The lowest BCUT2D eigenvalue weighted by Crippen LogP contribution is -2.21. The van der Waals surface area contributed by atoms with E-state index in [-0.39, 0.29) is 16.7 Å². The Morgan fingerprint density at radius 2 is 1.92 bits per heavy atom. The number of benzene rings is 1. The molecule has 1 aromatic heterocycles. The highest BCUT2D eigenvalue weighted by Gasteiger charge is 2.34. The minimum atomic E-state index is -4.60. The van der Waals surface area contributed by atoms with Gasteiger partial charge in [0.15, 0.2) is 0 Å². The van der Waals surface area contributed by atoms with Crippen molar-refractivity contribution in [3.05, 3.63) is 41.7 Å². The van der Waals surface area contributed by atoms with Crippen molar-refractivity contribution in [3.8, 4) is 23.0 Å². The van der Waals surface area contributed by atoms with E-state index in [1.807, 2.05) is 20.8 Å². The van der Waals surface area contributed by atoms with Gasteiger partial charge in [-0.2, -0.15) is 18.3 Å². The summed E-state index contributed by atoms with van der Waals surface area (Å²) in [5.41, 5.74) is -0.956. The number of hydrogen-bond donors (Lipinski definition) is 1. The number of aliphatic carboxylic acids is 1. The molecule has 0 saturated heterocycles. The highest BCUT2D eigenvalue weighted by molar-refractivity contribution is 5.87. The Hall–Kier alpha value is -2.75. The van der Waals surface area contributed by atoms with Crippen molar-refractivity contribution in [2.24, 2.45) is 0 Å². The summed E-state index contributed by atoms with van der Waals surface area (Å²) in [6.07, 6.45) is -1.67. The van der Waals surface area contributed by atoms with Crippen LogP contribution in [-0.2, 0) is 16.5 Å². The molecular formula is C17H15F3N2O2. The van der Waals surface area contributed by atoms with E-state index in [1.165, 1.54) is 18.3 Å². The number of hydrogen-bond acceptors (Lipinski definition) is 2. The first-order chi connectivity index (χ1) is 11.0. The van der Waals surface area contributed by atoms with Gasteiger partial charge in [-0.25, -0.2) is 4.79 Å². The molecule has 0 unspecified atom stereocenters. The number of alkyl halides is 3. The quantitative estimate of drug-likeness (QED) is 0.807. The lowest BCUT2D eigenvalue weighted by Gasteiger charge is -2.19. The normalized spacial score (nSPS) is 11.8. The fourth-order valence-corrected chi connectivity index (χ4v) is 2.06. The van der Waals surface area contributed by atoms with Gasteiger partial charge in [-0.1, -0.05) is 12.0 Å². The second kappa shape index (κ2) is 6.04. The van der Waals surface area contributed by atoms with E-state index in [0.29, 0.717) is 5.56 Å². The van der Waals surface area contributed by atoms with Crippen LogP contribution in [0.1, 0.15) is 31.9 Å². The second-order valence-corrected chi connectivity index (χ2v) is 6.16. The Morgan fingerprint density at radius 3 is 2.42 bits per heavy atom. The van der Waals surface area contributed by atoms with E-state index in [1.54, 1.807) is 16.8 Å². The van der Waals surface area contributed by atoms with Gasteiger partial charge in [0.25, 0.3) is 0 Å². The van der Waals surface area contributed by atoms with Crippen molar-refractivity contribution in [1.82, 2.24) is 9.78 Å². The van der Waals surface area contributed by atoms with Crippen LogP contribution in [0.5, 0.6) is 0 Å². The fourth-order valence-electron chi connectivity index (χ4n) is 2.06.